The van der Waals surface area contributed by atoms with Crippen LogP contribution < -0.4 is 0 Å². The first-order valence-corrected chi connectivity index (χ1v) is 10.0. The maximum absolute atomic E-state index is 13.0. The molecule has 29 heavy (non-hydrogen) atoms. The summed E-state index contributed by atoms with van der Waals surface area (Å²) in [5.74, 6) is -1.43. The molecular weight excluding hydrogens is 388 g/mol. The number of H-pyrrole nitrogens is 1. The van der Waals surface area contributed by atoms with Crippen LogP contribution in [0, 0.1) is 0 Å². The predicted molar refractivity (Wildman–Crippen MR) is 114 cm³/mol. The van der Waals surface area contributed by atoms with Crippen LogP contribution in [0.15, 0.2) is 60.3 Å². The van der Waals surface area contributed by atoms with Crippen LogP contribution in [0.25, 0.3) is 16.7 Å². The standard InChI is InChI=1S/C23H21ClN2O3/c1-2-3-12-26-20(17-13-25-18-7-5-4-6-16(17)18)19(22(28)23(26)29)21(27)14-8-10-15(24)11-9-14/h4-11,13,20,25,27H,2-3,12H2,1H3/b21-19+. The number of benzene rings is 2. The first-order chi connectivity index (χ1) is 14.0. The molecule has 1 unspecified atom stereocenters. The van der Waals surface area contributed by atoms with Gasteiger partial charge in [-0.1, -0.05) is 43.1 Å². The maximum atomic E-state index is 13.0. The Labute approximate surface area is 173 Å². The molecule has 1 amide bonds. The number of halogens is 1. The van der Waals surface area contributed by atoms with E-state index in [9.17, 15) is 14.7 Å². The highest BCUT2D eigenvalue weighted by molar-refractivity contribution is 6.46. The van der Waals surface area contributed by atoms with E-state index in [1.807, 2.05) is 37.4 Å². The van der Waals surface area contributed by atoms with Gasteiger partial charge in [-0.2, -0.15) is 0 Å². The van der Waals surface area contributed by atoms with E-state index in [0.29, 0.717) is 17.1 Å². The number of rotatable bonds is 5. The van der Waals surface area contributed by atoms with Crippen LogP contribution in [0.5, 0.6) is 0 Å². The molecule has 1 aliphatic rings. The lowest BCUT2D eigenvalue weighted by Crippen LogP contribution is -2.30. The monoisotopic (exact) mass is 408 g/mol. The molecule has 0 bridgehead atoms. The summed E-state index contributed by atoms with van der Waals surface area (Å²) in [5.41, 5.74) is 2.27. The lowest BCUT2D eigenvalue weighted by atomic mass is 9.95. The van der Waals surface area contributed by atoms with Crippen LogP contribution in [-0.2, 0) is 9.59 Å². The number of nitrogens with zero attached hydrogens (tertiary/aromatic N) is 1. The van der Waals surface area contributed by atoms with E-state index >= 15 is 0 Å². The number of hydrogen-bond acceptors (Lipinski definition) is 3. The van der Waals surface area contributed by atoms with Crippen molar-refractivity contribution in [3.63, 3.8) is 0 Å². The third-order valence-electron chi connectivity index (χ3n) is 5.33. The first kappa shape index (κ1) is 19.3. The summed E-state index contributed by atoms with van der Waals surface area (Å²) in [5, 5.41) is 12.5. The van der Waals surface area contributed by atoms with E-state index in [2.05, 4.69) is 4.98 Å². The second kappa shape index (κ2) is 7.76. The van der Waals surface area contributed by atoms with Gasteiger partial charge in [0.1, 0.15) is 5.76 Å². The van der Waals surface area contributed by atoms with Gasteiger partial charge < -0.3 is 15.0 Å². The van der Waals surface area contributed by atoms with Crippen molar-refractivity contribution >= 4 is 40.0 Å². The van der Waals surface area contributed by atoms with E-state index in [-0.39, 0.29) is 11.3 Å². The van der Waals surface area contributed by atoms with Crippen molar-refractivity contribution in [2.45, 2.75) is 25.8 Å². The van der Waals surface area contributed by atoms with Crippen LogP contribution >= 0.6 is 11.6 Å². The van der Waals surface area contributed by atoms with Crippen molar-refractivity contribution in [3.8, 4) is 0 Å². The average Bonchev–Trinajstić information content (AvgIpc) is 3.26. The van der Waals surface area contributed by atoms with Gasteiger partial charge in [0, 0.05) is 39.8 Å². The molecule has 2 heterocycles. The molecule has 0 radical (unpaired) electrons. The summed E-state index contributed by atoms with van der Waals surface area (Å²) in [4.78, 5) is 30.6. The molecule has 6 heteroatoms. The molecule has 1 aliphatic heterocycles. The number of carbonyl (C=O) groups excluding carboxylic acids is 2. The summed E-state index contributed by atoms with van der Waals surface area (Å²) >= 11 is 5.95. The number of likely N-dealkylation sites (tertiary alicyclic amines) is 1. The predicted octanol–water partition coefficient (Wildman–Crippen LogP) is 5.04. The molecule has 5 nitrogen and oxygen atoms in total. The molecule has 4 rings (SSSR count). The number of nitrogens with one attached hydrogen (secondary N) is 1. The van der Waals surface area contributed by atoms with Gasteiger partial charge in [-0.05, 0) is 36.8 Å². The number of fused-ring (bicyclic) bond motifs is 1. The van der Waals surface area contributed by atoms with Crippen LogP contribution in [0.3, 0.4) is 0 Å². The third-order valence-corrected chi connectivity index (χ3v) is 5.58. The Hall–Kier alpha value is -3.05. The van der Waals surface area contributed by atoms with Crippen LogP contribution in [-0.4, -0.2) is 33.2 Å². The minimum atomic E-state index is -0.663. The molecule has 1 saturated heterocycles. The number of aromatic amines is 1. The zero-order chi connectivity index (χ0) is 20.5. The Kier molecular flexibility index (Phi) is 5.16. The van der Waals surface area contributed by atoms with E-state index < -0.39 is 17.7 Å². The number of amides is 1. The number of aromatic nitrogens is 1. The number of Topliss-reactive ketones (excluding diaryl/α,β-unsaturated/α-hetero) is 1. The molecule has 2 N–H and O–H groups in total. The highest BCUT2D eigenvalue weighted by Crippen LogP contribution is 2.42. The number of aliphatic hydroxyl groups is 1. The molecule has 1 atom stereocenters. The van der Waals surface area contributed by atoms with Gasteiger partial charge in [0.05, 0.1) is 11.6 Å². The Morgan fingerprint density at radius 3 is 2.59 bits per heavy atom. The van der Waals surface area contributed by atoms with Gasteiger partial charge in [0.15, 0.2) is 0 Å². The number of hydrogen-bond donors (Lipinski definition) is 2. The summed E-state index contributed by atoms with van der Waals surface area (Å²) < 4.78 is 0. The van der Waals surface area contributed by atoms with Gasteiger partial charge >= 0.3 is 0 Å². The second-order valence-electron chi connectivity index (χ2n) is 7.14. The van der Waals surface area contributed by atoms with Gasteiger partial charge in [-0.15, -0.1) is 0 Å². The lowest BCUT2D eigenvalue weighted by Gasteiger charge is -2.24. The smallest absolute Gasteiger partial charge is 0.295 e. The largest absolute Gasteiger partial charge is 0.507 e. The minimum Gasteiger partial charge on any atom is -0.507 e. The number of aliphatic hydroxyl groups excluding tert-OH is 1. The molecule has 1 fully saturated rings. The number of carbonyl (C=O) groups is 2. The van der Waals surface area contributed by atoms with E-state index in [4.69, 9.17) is 11.6 Å². The van der Waals surface area contributed by atoms with Crippen molar-refractivity contribution < 1.29 is 14.7 Å². The molecule has 3 aromatic rings. The number of unbranched alkanes of at least 4 members (excludes halogenated alkanes) is 1. The molecular formula is C23H21ClN2O3. The van der Waals surface area contributed by atoms with Crippen molar-refractivity contribution in [2.24, 2.45) is 0 Å². The zero-order valence-electron chi connectivity index (χ0n) is 16.0. The van der Waals surface area contributed by atoms with E-state index in [1.54, 1.807) is 29.2 Å². The van der Waals surface area contributed by atoms with Crippen molar-refractivity contribution in [1.29, 1.82) is 0 Å². The molecule has 148 valence electrons. The third kappa shape index (κ3) is 3.32. The Morgan fingerprint density at radius 2 is 1.86 bits per heavy atom. The number of ketones is 1. The van der Waals surface area contributed by atoms with Crippen LogP contribution in [0.1, 0.15) is 36.9 Å². The Morgan fingerprint density at radius 1 is 1.14 bits per heavy atom. The first-order valence-electron chi connectivity index (χ1n) is 9.63. The zero-order valence-corrected chi connectivity index (χ0v) is 16.7. The van der Waals surface area contributed by atoms with E-state index in [0.717, 1.165) is 29.3 Å². The topological polar surface area (TPSA) is 73.4 Å². The molecule has 0 aliphatic carbocycles. The van der Waals surface area contributed by atoms with Gasteiger partial charge in [0.25, 0.3) is 11.7 Å². The fraction of sp³-hybridized carbons (Fsp3) is 0.217. The van der Waals surface area contributed by atoms with Crippen LogP contribution in [0.4, 0.5) is 0 Å². The SMILES string of the molecule is CCCCN1C(=O)C(=O)/C(=C(/O)c2ccc(Cl)cc2)C1c1c[nH]c2ccccc12. The summed E-state index contributed by atoms with van der Waals surface area (Å²) in [7, 11) is 0. The van der Waals surface area contributed by atoms with Gasteiger partial charge in [-0.25, -0.2) is 0 Å². The minimum absolute atomic E-state index is 0.109. The quantitative estimate of drug-likeness (QED) is 0.352. The highest BCUT2D eigenvalue weighted by atomic mass is 35.5. The number of para-hydroxylation sites is 1. The highest BCUT2D eigenvalue weighted by Gasteiger charge is 2.46. The second-order valence-corrected chi connectivity index (χ2v) is 7.58. The summed E-state index contributed by atoms with van der Waals surface area (Å²) in [6.45, 7) is 2.48. The molecule has 0 spiro atoms. The molecule has 0 saturated carbocycles. The van der Waals surface area contributed by atoms with Crippen LogP contribution in [0.2, 0.25) is 5.02 Å². The fourth-order valence-electron chi connectivity index (χ4n) is 3.85. The Bertz CT molecular complexity index is 1110. The molecule has 1 aromatic heterocycles. The summed E-state index contributed by atoms with van der Waals surface area (Å²) in [6.07, 6.45) is 3.48. The molecule has 2 aromatic carbocycles. The average molecular weight is 409 g/mol. The Balaban J connectivity index is 1.92. The maximum Gasteiger partial charge on any atom is 0.295 e. The van der Waals surface area contributed by atoms with Crippen molar-refractivity contribution in [2.75, 3.05) is 6.54 Å². The lowest BCUT2D eigenvalue weighted by molar-refractivity contribution is -0.139. The van der Waals surface area contributed by atoms with Gasteiger partial charge in [-0.3, -0.25) is 9.59 Å². The van der Waals surface area contributed by atoms with E-state index in [1.165, 1.54) is 0 Å². The summed E-state index contributed by atoms with van der Waals surface area (Å²) in [6, 6.07) is 13.6. The van der Waals surface area contributed by atoms with Crippen molar-refractivity contribution in [1.82, 2.24) is 9.88 Å². The van der Waals surface area contributed by atoms with Crippen molar-refractivity contribution in [3.05, 3.63) is 76.5 Å². The fourth-order valence-corrected chi connectivity index (χ4v) is 3.97. The normalized spacial score (nSPS) is 18.7. The van der Waals surface area contributed by atoms with Gasteiger partial charge in [0.2, 0.25) is 0 Å².